The molecule has 0 bridgehead atoms. The minimum atomic E-state index is 1.25. The van der Waals surface area contributed by atoms with E-state index in [1.807, 2.05) is 6.08 Å². The van der Waals surface area contributed by atoms with Crippen molar-refractivity contribution in [1.29, 1.82) is 0 Å². The van der Waals surface area contributed by atoms with Gasteiger partial charge in [-0.25, -0.2) is 0 Å². The summed E-state index contributed by atoms with van der Waals surface area (Å²) >= 11 is 0. The molecule has 0 unspecified atom stereocenters. The molecule has 0 heteroatoms. The van der Waals surface area contributed by atoms with E-state index in [0.29, 0.717) is 0 Å². The van der Waals surface area contributed by atoms with Gasteiger partial charge in [-0.1, -0.05) is 24.8 Å². The Morgan fingerprint density at radius 3 is 2.20 bits per heavy atom. The van der Waals surface area contributed by atoms with Crippen LogP contribution in [0.3, 0.4) is 0 Å². The number of hydrogen-bond donors (Lipinski definition) is 0. The van der Waals surface area contributed by atoms with Crippen LogP contribution in [0.4, 0.5) is 0 Å². The molecule has 1 aromatic rings. The molecule has 1 aromatic carbocycles. The SMILES string of the molecule is C=C/C(C)=C(\C)c1ccc(C)c(C)c1C. The maximum atomic E-state index is 3.82. The molecule has 0 saturated heterocycles. The summed E-state index contributed by atoms with van der Waals surface area (Å²) in [6.07, 6.45) is 1.92. The summed E-state index contributed by atoms with van der Waals surface area (Å²) in [5.41, 5.74) is 8.06. The van der Waals surface area contributed by atoms with E-state index in [1.54, 1.807) is 0 Å². The third-order valence-corrected chi connectivity index (χ3v) is 3.36. The van der Waals surface area contributed by atoms with Crippen LogP contribution in [0, 0.1) is 20.8 Å². The molecule has 0 saturated carbocycles. The van der Waals surface area contributed by atoms with Gasteiger partial charge in [0, 0.05) is 0 Å². The van der Waals surface area contributed by atoms with E-state index >= 15 is 0 Å². The Bertz CT molecular complexity index is 420. The third kappa shape index (κ3) is 2.20. The van der Waals surface area contributed by atoms with E-state index in [-0.39, 0.29) is 0 Å². The highest BCUT2D eigenvalue weighted by molar-refractivity contribution is 5.72. The molecule has 0 radical (unpaired) electrons. The minimum Gasteiger partial charge on any atom is -0.0988 e. The van der Waals surface area contributed by atoms with Crippen molar-refractivity contribution in [2.75, 3.05) is 0 Å². The van der Waals surface area contributed by atoms with Crippen molar-refractivity contribution in [3.05, 3.63) is 52.6 Å². The van der Waals surface area contributed by atoms with E-state index in [0.717, 1.165) is 0 Å². The van der Waals surface area contributed by atoms with Crippen LogP contribution in [0.1, 0.15) is 36.1 Å². The van der Waals surface area contributed by atoms with Gasteiger partial charge in [-0.15, -0.1) is 0 Å². The zero-order valence-electron chi connectivity index (χ0n) is 10.4. The van der Waals surface area contributed by atoms with Crippen molar-refractivity contribution < 1.29 is 0 Å². The molecule has 0 nitrogen and oxygen atoms in total. The molecule has 0 amide bonds. The lowest BCUT2D eigenvalue weighted by molar-refractivity contribution is 1.24. The Morgan fingerprint density at radius 1 is 1.07 bits per heavy atom. The van der Waals surface area contributed by atoms with Crippen LogP contribution in [0.25, 0.3) is 5.57 Å². The lowest BCUT2D eigenvalue weighted by Gasteiger charge is -2.13. The molecule has 0 spiro atoms. The van der Waals surface area contributed by atoms with E-state index in [4.69, 9.17) is 0 Å². The molecule has 0 aromatic heterocycles. The van der Waals surface area contributed by atoms with Crippen LogP contribution in [-0.4, -0.2) is 0 Å². The van der Waals surface area contributed by atoms with Gasteiger partial charge in [0.05, 0.1) is 0 Å². The van der Waals surface area contributed by atoms with E-state index < -0.39 is 0 Å². The molecule has 0 aliphatic rings. The van der Waals surface area contributed by atoms with E-state index in [1.165, 1.54) is 33.4 Å². The fourth-order valence-electron chi connectivity index (χ4n) is 1.73. The van der Waals surface area contributed by atoms with Gasteiger partial charge in [-0.2, -0.15) is 0 Å². The monoisotopic (exact) mass is 200 g/mol. The summed E-state index contributed by atoms with van der Waals surface area (Å²) < 4.78 is 0. The largest absolute Gasteiger partial charge is 0.0988 e. The Labute approximate surface area is 93.3 Å². The first kappa shape index (κ1) is 11.8. The normalized spacial score (nSPS) is 12.3. The summed E-state index contributed by atoms with van der Waals surface area (Å²) in [7, 11) is 0. The third-order valence-electron chi connectivity index (χ3n) is 3.36. The predicted molar refractivity (Wildman–Crippen MR) is 69.1 cm³/mol. The van der Waals surface area contributed by atoms with Gasteiger partial charge in [-0.3, -0.25) is 0 Å². The van der Waals surface area contributed by atoms with Gasteiger partial charge in [0.25, 0.3) is 0 Å². The van der Waals surface area contributed by atoms with Gasteiger partial charge in [0.2, 0.25) is 0 Å². The summed E-state index contributed by atoms with van der Waals surface area (Å²) in [6.45, 7) is 14.6. The van der Waals surface area contributed by atoms with Crippen LogP contribution < -0.4 is 0 Å². The molecule has 1 rings (SSSR count). The van der Waals surface area contributed by atoms with Crippen LogP contribution in [0.5, 0.6) is 0 Å². The highest BCUT2D eigenvalue weighted by Crippen LogP contribution is 2.25. The second-order valence-electron chi connectivity index (χ2n) is 4.19. The molecule has 0 atom stereocenters. The van der Waals surface area contributed by atoms with Crippen molar-refractivity contribution in [3.63, 3.8) is 0 Å². The topological polar surface area (TPSA) is 0 Å². The molecule has 0 aliphatic carbocycles. The second kappa shape index (κ2) is 4.48. The predicted octanol–water partition coefficient (Wildman–Crippen LogP) is 4.59. The van der Waals surface area contributed by atoms with Gasteiger partial charge in [0.1, 0.15) is 0 Å². The fraction of sp³-hybridized carbons (Fsp3) is 0.333. The van der Waals surface area contributed by atoms with Crippen LogP contribution in [0.15, 0.2) is 30.4 Å². The molecular weight excluding hydrogens is 180 g/mol. The van der Waals surface area contributed by atoms with Gasteiger partial charge in [0.15, 0.2) is 0 Å². The Hall–Kier alpha value is -1.30. The molecule has 0 fully saturated rings. The number of rotatable bonds is 2. The summed E-state index contributed by atoms with van der Waals surface area (Å²) in [4.78, 5) is 0. The van der Waals surface area contributed by atoms with E-state index in [9.17, 15) is 0 Å². The van der Waals surface area contributed by atoms with Gasteiger partial charge >= 0.3 is 0 Å². The molecule has 0 heterocycles. The standard InChI is InChI=1S/C15H20/c1-7-10(2)13(5)15-9-8-11(3)12(4)14(15)6/h7-9H,1H2,2-6H3/b13-10+. The number of hydrogen-bond acceptors (Lipinski definition) is 0. The van der Waals surface area contributed by atoms with Crippen molar-refractivity contribution in [3.8, 4) is 0 Å². The Kier molecular flexibility index (Phi) is 3.52. The van der Waals surface area contributed by atoms with Crippen LogP contribution in [0.2, 0.25) is 0 Å². The number of benzene rings is 1. The number of aryl methyl sites for hydroxylation is 1. The summed E-state index contributed by atoms with van der Waals surface area (Å²) in [5, 5.41) is 0. The molecule has 15 heavy (non-hydrogen) atoms. The van der Waals surface area contributed by atoms with Gasteiger partial charge < -0.3 is 0 Å². The minimum absolute atomic E-state index is 1.25. The maximum absolute atomic E-state index is 3.82. The van der Waals surface area contributed by atoms with Crippen LogP contribution >= 0.6 is 0 Å². The number of allylic oxidation sites excluding steroid dienone is 3. The fourth-order valence-corrected chi connectivity index (χ4v) is 1.73. The second-order valence-corrected chi connectivity index (χ2v) is 4.19. The average Bonchev–Trinajstić information content (AvgIpc) is 2.24. The first-order valence-corrected chi connectivity index (χ1v) is 5.36. The van der Waals surface area contributed by atoms with Crippen molar-refractivity contribution >= 4 is 5.57 Å². The smallest absolute Gasteiger partial charge is 0.0193 e. The molecule has 80 valence electrons. The van der Waals surface area contributed by atoms with Crippen LogP contribution in [-0.2, 0) is 0 Å². The Morgan fingerprint density at radius 2 is 1.67 bits per heavy atom. The van der Waals surface area contributed by atoms with Gasteiger partial charge in [-0.05, 0) is 68.0 Å². The quantitative estimate of drug-likeness (QED) is 0.612. The van der Waals surface area contributed by atoms with Crippen molar-refractivity contribution in [2.45, 2.75) is 34.6 Å². The van der Waals surface area contributed by atoms with Crippen molar-refractivity contribution in [1.82, 2.24) is 0 Å². The van der Waals surface area contributed by atoms with E-state index in [2.05, 4.69) is 53.3 Å². The Balaban J connectivity index is 3.41. The average molecular weight is 200 g/mol. The highest BCUT2D eigenvalue weighted by atomic mass is 14.1. The van der Waals surface area contributed by atoms with Crippen molar-refractivity contribution in [2.24, 2.45) is 0 Å². The maximum Gasteiger partial charge on any atom is -0.0193 e. The first-order valence-electron chi connectivity index (χ1n) is 5.36. The molecule has 0 aliphatic heterocycles. The summed E-state index contributed by atoms with van der Waals surface area (Å²) in [6, 6.07) is 4.40. The summed E-state index contributed by atoms with van der Waals surface area (Å²) in [5.74, 6) is 0. The zero-order chi connectivity index (χ0) is 11.6. The molecular formula is C15H20. The molecule has 0 N–H and O–H groups in total. The highest BCUT2D eigenvalue weighted by Gasteiger charge is 2.06. The first-order chi connectivity index (χ1) is 6.99. The lowest BCUT2D eigenvalue weighted by atomic mass is 9.92. The lowest BCUT2D eigenvalue weighted by Crippen LogP contribution is -1.93. The zero-order valence-corrected chi connectivity index (χ0v) is 10.4.